The topological polar surface area (TPSA) is 97.5 Å². The number of hydrogen-bond donors (Lipinski definition) is 2. The highest BCUT2D eigenvalue weighted by atomic mass is 16.4. The maximum absolute atomic E-state index is 11.0. The summed E-state index contributed by atoms with van der Waals surface area (Å²) >= 11 is 0. The number of carboxylic acid groups (broad SMARTS) is 1. The van der Waals surface area contributed by atoms with Gasteiger partial charge in [-0.2, -0.15) is 5.26 Å². The number of carboxylic acids is 1. The van der Waals surface area contributed by atoms with Crippen molar-refractivity contribution >= 4 is 11.8 Å². The van der Waals surface area contributed by atoms with Crippen LogP contribution in [0.25, 0.3) is 0 Å². The molecule has 1 aliphatic rings. The Labute approximate surface area is 97.7 Å². The number of carbonyl (C=O) groups is 1. The van der Waals surface area contributed by atoms with Crippen LogP contribution in [-0.4, -0.2) is 39.9 Å². The fourth-order valence-corrected chi connectivity index (χ4v) is 1.95. The summed E-state index contributed by atoms with van der Waals surface area (Å²) < 4.78 is 0. The predicted molar refractivity (Wildman–Crippen MR) is 58.3 cm³/mol. The van der Waals surface area contributed by atoms with Crippen molar-refractivity contribution in [2.24, 2.45) is 0 Å². The summed E-state index contributed by atoms with van der Waals surface area (Å²) in [5.74, 6) is -0.585. The number of nitrogens with zero attached hydrogens (tertiary/aromatic N) is 3. The molecule has 2 unspecified atom stereocenters. The largest absolute Gasteiger partial charge is 0.480 e. The summed E-state index contributed by atoms with van der Waals surface area (Å²) in [6.45, 7) is 0.221. The van der Waals surface area contributed by atoms with Crippen LogP contribution in [0.4, 0.5) is 5.82 Å². The number of hydrogen-bond acceptors (Lipinski definition) is 5. The first-order valence-corrected chi connectivity index (χ1v) is 5.15. The minimum atomic E-state index is -0.995. The molecule has 1 aromatic rings. The third-order valence-corrected chi connectivity index (χ3v) is 2.73. The second-order valence-corrected chi connectivity index (χ2v) is 3.91. The Hall–Kier alpha value is -2.13. The fourth-order valence-electron chi connectivity index (χ4n) is 1.95. The zero-order valence-corrected chi connectivity index (χ0v) is 8.95. The van der Waals surface area contributed by atoms with Crippen molar-refractivity contribution in [2.45, 2.75) is 18.6 Å². The van der Waals surface area contributed by atoms with Crippen molar-refractivity contribution in [3.63, 3.8) is 0 Å². The van der Waals surface area contributed by atoms with Crippen molar-refractivity contribution < 1.29 is 15.0 Å². The highest BCUT2D eigenvalue weighted by Gasteiger charge is 2.36. The normalized spacial score (nSPS) is 23.4. The van der Waals surface area contributed by atoms with E-state index in [9.17, 15) is 9.90 Å². The van der Waals surface area contributed by atoms with Gasteiger partial charge in [0.25, 0.3) is 0 Å². The van der Waals surface area contributed by atoms with E-state index in [0.717, 1.165) is 0 Å². The summed E-state index contributed by atoms with van der Waals surface area (Å²) in [5.41, 5.74) is 0.417. The smallest absolute Gasteiger partial charge is 0.326 e. The zero-order valence-electron chi connectivity index (χ0n) is 8.95. The molecular formula is C11H11N3O3. The van der Waals surface area contributed by atoms with Gasteiger partial charge < -0.3 is 15.1 Å². The number of anilines is 1. The molecule has 0 aromatic carbocycles. The molecular weight excluding hydrogens is 222 g/mol. The molecule has 88 valence electrons. The number of pyridine rings is 1. The summed E-state index contributed by atoms with van der Waals surface area (Å²) in [5, 5.41) is 27.3. The highest BCUT2D eigenvalue weighted by molar-refractivity contribution is 5.78. The lowest BCUT2D eigenvalue weighted by Crippen LogP contribution is -2.36. The molecule has 2 atom stereocenters. The molecule has 0 bridgehead atoms. The van der Waals surface area contributed by atoms with Crippen molar-refractivity contribution in [2.75, 3.05) is 11.4 Å². The van der Waals surface area contributed by atoms with E-state index >= 15 is 0 Å². The maximum atomic E-state index is 11.0. The van der Waals surface area contributed by atoms with Crippen LogP contribution >= 0.6 is 0 Å². The van der Waals surface area contributed by atoms with Gasteiger partial charge in [-0.1, -0.05) is 0 Å². The summed E-state index contributed by atoms with van der Waals surface area (Å²) in [6.07, 6.45) is 0.953. The minimum Gasteiger partial charge on any atom is -0.480 e. The Morgan fingerprint density at radius 1 is 1.65 bits per heavy atom. The number of nitriles is 1. The van der Waals surface area contributed by atoms with E-state index in [1.54, 1.807) is 6.07 Å². The summed E-state index contributed by atoms with van der Waals surface area (Å²) in [4.78, 5) is 16.6. The van der Waals surface area contributed by atoms with E-state index in [1.807, 2.05) is 6.07 Å². The predicted octanol–water partition coefficient (Wildman–Crippen LogP) is -0.0225. The number of β-amino-alcohol motifs (C(OH)–C–C–N with tert-alkyl or cyclic N) is 1. The Kier molecular flexibility index (Phi) is 2.93. The molecule has 6 heteroatoms. The van der Waals surface area contributed by atoms with Gasteiger partial charge in [0.15, 0.2) is 0 Å². The SMILES string of the molecule is N#Cc1ccnc(N2CC(O)CC2C(=O)O)c1. The van der Waals surface area contributed by atoms with Gasteiger partial charge in [0.1, 0.15) is 11.9 Å². The molecule has 2 heterocycles. The maximum Gasteiger partial charge on any atom is 0.326 e. The average Bonchev–Trinajstić information content (AvgIpc) is 2.72. The van der Waals surface area contributed by atoms with Crippen LogP contribution < -0.4 is 4.90 Å². The van der Waals surface area contributed by atoms with Gasteiger partial charge in [0.2, 0.25) is 0 Å². The number of aliphatic hydroxyl groups is 1. The molecule has 0 aliphatic carbocycles. The summed E-state index contributed by atoms with van der Waals surface area (Å²) in [7, 11) is 0. The van der Waals surface area contributed by atoms with E-state index < -0.39 is 18.1 Å². The fraction of sp³-hybridized carbons (Fsp3) is 0.364. The van der Waals surface area contributed by atoms with Crippen LogP contribution in [0.1, 0.15) is 12.0 Å². The van der Waals surface area contributed by atoms with E-state index in [2.05, 4.69) is 4.98 Å². The number of rotatable bonds is 2. The Bertz CT molecular complexity index is 483. The quantitative estimate of drug-likeness (QED) is 0.744. The van der Waals surface area contributed by atoms with Crippen molar-refractivity contribution in [1.29, 1.82) is 5.26 Å². The standard InChI is InChI=1S/C11H11N3O3/c12-5-7-1-2-13-10(3-7)14-6-8(15)4-9(14)11(16)17/h1-3,8-9,15H,4,6H2,(H,16,17). The molecule has 17 heavy (non-hydrogen) atoms. The molecule has 1 aliphatic heterocycles. The van der Waals surface area contributed by atoms with Gasteiger partial charge >= 0.3 is 5.97 Å². The van der Waals surface area contributed by atoms with E-state index in [4.69, 9.17) is 10.4 Å². The Morgan fingerprint density at radius 2 is 2.41 bits per heavy atom. The first kappa shape index (κ1) is 11.4. The van der Waals surface area contributed by atoms with Crippen LogP contribution in [0.2, 0.25) is 0 Å². The third-order valence-electron chi connectivity index (χ3n) is 2.73. The van der Waals surface area contributed by atoms with Crippen LogP contribution in [0.3, 0.4) is 0 Å². The van der Waals surface area contributed by atoms with Gasteiger partial charge in [-0.3, -0.25) is 0 Å². The first-order valence-electron chi connectivity index (χ1n) is 5.15. The van der Waals surface area contributed by atoms with Crippen molar-refractivity contribution in [1.82, 2.24) is 4.98 Å². The van der Waals surface area contributed by atoms with Gasteiger partial charge in [-0.25, -0.2) is 9.78 Å². The minimum absolute atomic E-state index is 0.174. The van der Waals surface area contributed by atoms with Gasteiger partial charge in [-0.05, 0) is 12.1 Å². The Balaban J connectivity index is 2.32. The molecule has 0 amide bonds. The van der Waals surface area contributed by atoms with E-state index in [1.165, 1.54) is 17.2 Å². The molecule has 0 spiro atoms. The van der Waals surface area contributed by atoms with Crippen molar-refractivity contribution in [3.05, 3.63) is 23.9 Å². The average molecular weight is 233 g/mol. The molecule has 0 saturated carbocycles. The second-order valence-electron chi connectivity index (χ2n) is 3.91. The van der Waals surface area contributed by atoms with Crippen LogP contribution in [-0.2, 0) is 4.79 Å². The van der Waals surface area contributed by atoms with E-state index in [0.29, 0.717) is 11.4 Å². The van der Waals surface area contributed by atoms with Crippen molar-refractivity contribution in [3.8, 4) is 6.07 Å². The van der Waals surface area contributed by atoms with Crippen LogP contribution in [0.15, 0.2) is 18.3 Å². The van der Waals surface area contributed by atoms with Crippen LogP contribution in [0.5, 0.6) is 0 Å². The lowest BCUT2D eigenvalue weighted by atomic mass is 10.2. The van der Waals surface area contributed by atoms with Gasteiger partial charge in [0.05, 0.1) is 17.7 Å². The molecule has 6 nitrogen and oxygen atoms in total. The first-order chi connectivity index (χ1) is 8.11. The second kappa shape index (κ2) is 4.39. The van der Waals surface area contributed by atoms with Crippen LogP contribution in [0, 0.1) is 11.3 Å². The van der Waals surface area contributed by atoms with Gasteiger partial charge in [-0.15, -0.1) is 0 Å². The molecule has 0 radical (unpaired) electrons. The van der Waals surface area contributed by atoms with E-state index in [-0.39, 0.29) is 13.0 Å². The molecule has 1 saturated heterocycles. The summed E-state index contributed by atoms with van der Waals surface area (Å²) in [6, 6.07) is 4.25. The number of aromatic nitrogens is 1. The molecule has 2 rings (SSSR count). The zero-order chi connectivity index (χ0) is 12.4. The highest BCUT2D eigenvalue weighted by Crippen LogP contribution is 2.24. The monoisotopic (exact) mass is 233 g/mol. The lowest BCUT2D eigenvalue weighted by molar-refractivity contribution is -0.138. The number of aliphatic carboxylic acids is 1. The third kappa shape index (κ3) is 2.19. The molecule has 1 aromatic heterocycles. The van der Waals surface area contributed by atoms with Gasteiger partial charge in [0, 0.05) is 19.2 Å². The molecule has 1 fully saturated rings. The molecule has 2 N–H and O–H groups in total. The lowest BCUT2D eigenvalue weighted by Gasteiger charge is -2.21. The number of aliphatic hydroxyl groups excluding tert-OH is 1. The Morgan fingerprint density at radius 3 is 3.06 bits per heavy atom.